The van der Waals surface area contributed by atoms with E-state index in [2.05, 4.69) is 10.1 Å². The SMILES string of the molecule is CCCNC(=O)C(C)N1CCC1C(=O)OC. The number of carbonyl (C=O) groups is 2. The molecule has 1 saturated heterocycles. The molecule has 1 aliphatic rings. The van der Waals surface area contributed by atoms with Crippen molar-refractivity contribution >= 4 is 11.9 Å². The highest BCUT2D eigenvalue weighted by molar-refractivity contribution is 5.83. The number of nitrogens with one attached hydrogen (secondary N) is 1. The fourth-order valence-electron chi connectivity index (χ4n) is 1.81. The largest absolute Gasteiger partial charge is 0.468 e. The molecule has 1 fully saturated rings. The van der Waals surface area contributed by atoms with E-state index >= 15 is 0 Å². The zero-order chi connectivity index (χ0) is 12.1. The third-order valence-electron chi connectivity index (χ3n) is 2.96. The number of hydrogen-bond acceptors (Lipinski definition) is 4. The van der Waals surface area contributed by atoms with Crippen LogP contribution >= 0.6 is 0 Å². The van der Waals surface area contributed by atoms with E-state index in [4.69, 9.17) is 0 Å². The van der Waals surface area contributed by atoms with Gasteiger partial charge in [0.25, 0.3) is 0 Å². The molecule has 0 bridgehead atoms. The van der Waals surface area contributed by atoms with E-state index in [9.17, 15) is 9.59 Å². The molecule has 1 aliphatic heterocycles. The highest BCUT2D eigenvalue weighted by Crippen LogP contribution is 2.21. The normalized spacial score (nSPS) is 22.1. The number of nitrogens with zero attached hydrogens (tertiary/aromatic N) is 1. The molecule has 2 unspecified atom stereocenters. The Balaban J connectivity index is 2.45. The first kappa shape index (κ1) is 13.0. The quantitative estimate of drug-likeness (QED) is 0.680. The van der Waals surface area contributed by atoms with Crippen molar-refractivity contribution in [1.82, 2.24) is 10.2 Å². The molecule has 5 heteroatoms. The van der Waals surface area contributed by atoms with E-state index in [0.717, 1.165) is 19.4 Å². The van der Waals surface area contributed by atoms with Crippen LogP contribution < -0.4 is 5.32 Å². The van der Waals surface area contributed by atoms with Crippen LogP contribution in [0.3, 0.4) is 0 Å². The number of esters is 1. The van der Waals surface area contributed by atoms with Crippen LogP contribution in [0.15, 0.2) is 0 Å². The highest BCUT2D eigenvalue weighted by Gasteiger charge is 2.40. The zero-order valence-electron chi connectivity index (χ0n) is 10.2. The van der Waals surface area contributed by atoms with Crippen molar-refractivity contribution in [2.45, 2.75) is 38.8 Å². The van der Waals surface area contributed by atoms with Crippen LogP contribution in [0.25, 0.3) is 0 Å². The smallest absolute Gasteiger partial charge is 0.323 e. The van der Waals surface area contributed by atoms with Gasteiger partial charge in [-0.2, -0.15) is 0 Å². The summed E-state index contributed by atoms with van der Waals surface area (Å²) in [5, 5.41) is 2.83. The molecule has 0 aromatic rings. The number of hydrogen-bond donors (Lipinski definition) is 1. The summed E-state index contributed by atoms with van der Waals surface area (Å²) in [4.78, 5) is 24.9. The first-order chi connectivity index (χ1) is 7.61. The van der Waals surface area contributed by atoms with E-state index in [0.29, 0.717) is 6.54 Å². The second-order valence-corrected chi connectivity index (χ2v) is 4.03. The fraction of sp³-hybridized carbons (Fsp3) is 0.818. The predicted octanol–water partition coefficient (Wildman–Crippen LogP) is 0.148. The number of likely N-dealkylation sites (tertiary alicyclic amines) is 1. The molecular formula is C11H20N2O3. The second-order valence-electron chi connectivity index (χ2n) is 4.03. The van der Waals surface area contributed by atoms with E-state index in [1.54, 1.807) is 0 Å². The summed E-state index contributed by atoms with van der Waals surface area (Å²) in [6.45, 7) is 5.28. The van der Waals surface area contributed by atoms with Gasteiger partial charge in [0.05, 0.1) is 13.2 Å². The van der Waals surface area contributed by atoms with Crippen LogP contribution in [-0.2, 0) is 14.3 Å². The van der Waals surface area contributed by atoms with Crippen molar-refractivity contribution in [2.24, 2.45) is 0 Å². The molecule has 0 radical (unpaired) electrons. The Morgan fingerprint density at radius 2 is 2.25 bits per heavy atom. The van der Waals surface area contributed by atoms with Gasteiger partial charge < -0.3 is 10.1 Å². The first-order valence-electron chi connectivity index (χ1n) is 5.73. The molecule has 92 valence electrons. The summed E-state index contributed by atoms with van der Waals surface area (Å²) in [6, 6.07) is -0.503. The Hall–Kier alpha value is -1.10. The highest BCUT2D eigenvalue weighted by atomic mass is 16.5. The van der Waals surface area contributed by atoms with Crippen LogP contribution in [0.5, 0.6) is 0 Å². The maximum Gasteiger partial charge on any atom is 0.323 e. The maximum absolute atomic E-state index is 11.7. The van der Waals surface area contributed by atoms with Crippen LogP contribution in [0.4, 0.5) is 0 Å². The van der Waals surface area contributed by atoms with Gasteiger partial charge in [-0.05, 0) is 19.8 Å². The van der Waals surface area contributed by atoms with Gasteiger partial charge in [-0.15, -0.1) is 0 Å². The van der Waals surface area contributed by atoms with Crippen molar-refractivity contribution in [3.8, 4) is 0 Å². The Morgan fingerprint density at radius 3 is 2.69 bits per heavy atom. The minimum Gasteiger partial charge on any atom is -0.468 e. The molecule has 0 spiro atoms. The van der Waals surface area contributed by atoms with Crippen molar-refractivity contribution < 1.29 is 14.3 Å². The molecule has 1 heterocycles. The van der Waals surface area contributed by atoms with Gasteiger partial charge in [-0.1, -0.05) is 6.92 Å². The van der Waals surface area contributed by atoms with Crippen molar-refractivity contribution in [2.75, 3.05) is 20.2 Å². The molecule has 0 aliphatic carbocycles. The average molecular weight is 228 g/mol. The van der Waals surface area contributed by atoms with Gasteiger partial charge in [0, 0.05) is 13.1 Å². The van der Waals surface area contributed by atoms with Crippen molar-refractivity contribution in [3.05, 3.63) is 0 Å². The van der Waals surface area contributed by atoms with Gasteiger partial charge >= 0.3 is 5.97 Å². The summed E-state index contributed by atoms with van der Waals surface area (Å²) in [7, 11) is 1.38. The first-order valence-corrected chi connectivity index (χ1v) is 5.73. The summed E-state index contributed by atoms with van der Waals surface area (Å²) in [6.07, 6.45) is 1.69. The third kappa shape index (κ3) is 2.72. The summed E-state index contributed by atoms with van der Waals surface area (Å²) in [5.41, 5.74) is 0. The Morgan fingerprint density at radius 1 is 1.56 bits per heavy atom. The van der Waals surface area contributed by atoms with Crippen LogP contribution in [0.1, 0.15) is 26.7 Å². The van der Waals surface area contributed by atoms with E-state index in [1.807, 2.05) is 18.7 Å². The minimum absolute atomic E-state index is 0.0181. The number of rotatable bonds is 5. The van der Waals surface area contributed by atoms with E-state index in [1.165, 1.54) is 7.11 Å². The molecular weight excluding hydrogens is 208 g/mol. The average Bonchev–Trinajstić information content (AvgIpc) is 2.23. The molecule has 16 heavy (non-hydrogen) atoms. The fourth-order valence-corrected chi connectivity index (χ4v) is 1.81. The zero-order valence-corrected chi connectivity index (χ0v) is 10.2. The summed E-state index contributed by atoms with van der Waals surface area (Å²) in [5.74, 6) is -0.267. The standard InChI is InChI=1S/C11H20N2O3/c1-4-6-12-10(14)8(2)13-7-5-9(13)11(15)16-3/h8-9H,4-7H2,1-3H3,(H,12,14). The second kappa shape index (κ2) is 5.84. The van der Waals surface area contributed by atoms with Gasteiger partial charge in [0.2, 0.25) is 5.91 Å². The maximum atomic E-state index is 11.7. The van der Waals surface area contributed by atoms with Crippen LogP contribution in [0.2, 0.25) is 0 Å². The van der Waals surface area contributed by atoms with Crippen molar-refractivity contribution in [3.63, 3.8) is 0 Å². The summed E-state index contributed by atoms with van der Waals surface area (Å²) >= 11 is 0. The van der Waals surface area contributed by atoms with Gasteiger partial charge in [-0.3, -0.25) is 14.5 Å². The number of ether oxygens (including phenoxy) is 1. The topological polar surface area (TPSA) is 58.6 Å². The molecule has 0 aromatic carbocycles. The Kier molecular flexibility index (Phi) is 4.73. The Bertz CT molecular complexity index is 268. The number of amides is 1. The molecule has 2 atom stereocenters. The van der Waals surface area contributed by atoms with Gasteiger partial charge in [0.1, 0.15) is 6.04 Å². The lowest BCUT2D eigenvalue weighted by atomic mass is 10.00. The third-order valence-corrected chi connectivity index (χ3v) is 2.96. The molecule has 1 N–H and O–H groups in total. The van der Waals surface area contributed by atoms with Gasteiger partial charge in [0.15, 0.2) is 0 Å². The van der Waals surface area contributed by atoms with Gasteiger partial charge in [-0.25, -0.2) is 0 Å². The lowest BCUT2D eigenvalue weighted by Gasteiger charge is -2.42. The lowest BCUT2D eigenvalue weighted by Crippen LogP contribution is -2.60. The number of methoxy groups -OCH3 is 1. The van der Waals surface area contributed by atoms with Crippen LogP contribution in [0, 0.1) is 0 Å². The minimum atomic E-state index is -0.260. The Labute approximate surface area is 96.1 Å². The molecule has 1 rings (SSSR count). The van der Waals surface area contributed by atoms with Crippen molar-refractivity contribution in [1.29, 1.82) is 0 Å². The monoisotopic (exact) mass is 228 g/mol. The number of carbonyl (C=O) groups excluding carboxylic acids is 2. The molecule has 1 amide bonds. The molecule has 5 nitrogen and oxygen atoms in total. The van der Waals surface area contributed by atoms with E-state index < -0.39 is 0 Å². The predicted molar refractivity (Wildman–Crippen MR) is 59.9 cm³/mol. The lowest BCUT2D eigenvalue weighted by molar-refractivity contribution is -0.155. The van der Waals surface area contributed by atoms with Crippen LogP contribution in [-0.4, -0.2) is 49.1 Å². The molecule has 0 saturated carbocycles. The van der Waals surface area contributed by atoms with E-state index in [-0.39, 0.29) is 24.0 Å². The summed E-state index contributed by atoms with van der Waals surface area (Å²) < 4.78 is 4.68. The molecule has 0 aromatic heterocycles.